The van der Waals surface area contributed by atoms with Crippen molar-refractivity contribution in [3.05, 3.63) is 29.8 Å². The van der Waals surface area contributed by atoms with Crippen molar-refractivity contribution in [1.82, 2.24) is 10.6 Å². The topological polar surface area (TPSA) is 142 Å². The van der Waals surface area contributed by atoms with Gasteiger partial charge in [-0.05, 0) is 37.1 Å². The molecule has 1 aromatic rings. The number of phenolic OH excluding ortho intramolecular Hbond substituents is 1. The Balaban J connectivity index is 0.000000445. The van der Waals surface area contributed by atoms with Crippen LogP contribution in [-0.4, -0.2) is 52.8 Å². The molecule has 8 nitrogen and oxygen atoms in total. The Bertz CT molecular complexity index is 658. The molecule has 0 spiro atoms. The lowest BCUT2D eigenvalue weighted by molar-refractivity contribution is -0.192. The fourth-order valence-corrected chi connectivity index (χ4v) is 2.27. The van der Waals surface area contributed by atoms with Gasteiger partial charge in [0.15, 0.2) is 0 Å². The Kier molecular flexibility index (Phi) is 8.03. The number of hydrogen-bond donors (Lipinski definition) is 5. The fourth-order valence-electron chi connectivity index (χ4n) is 2.27. The van der Waals surface area contributed by atoms with E-state index in [1.165, 1.54) is 12.1 Å². The molecule has 0 radical (unpaired) electrons. The molecule has 2 rings (SSSR count). The number of halogens is 3. The summed E-state index contributed by atoms with van der Waals surface area (Å²) in [7, 11) is 0. The first-order valence-corrected chi connectivity index (χ1v) is 7.91. The summed E-state index contributed by atoms with van der Waals surface area (Å²) < 4.78 is 31.7. The van der Waals surface area contributed by atoms with Crippen LogP contribution in [0, 0.1) is 0 Å². The van der Waals surface area contributed by atoms with Gasteiger partial charge in [-0.2, -0.15) is 13.2 Å². The van der Waals surface area contributed by atoms with E-state index in [2.05, 4.69) is 10.6 Å². The van der Waals surface area contributed by atoms with Crippen molar-refractivity contribution in [1.29, 1.82) is 0 Å². The molecule has 0 aliphatic carbocycles. The SMILES string of the molecule is NC(=O)[C@H](Cc1ccc(O)cc1)NC(=O)[C@@H]1CCCN1.O=C(O)C(F)(F)F. The number of nitrogens with two attached hydrogens (primary N) is 1. The van der Waals surface area contributed by atoms with Gasteiger partial charge in [0.1, 0.15) is 11.8 Å². The number of carbonyl (C=O) groups excluding carboxylic acids is 2. The summed E-state index contributed by atoms with van der Waals surface area (Å²) in [6.07, 6.45) is -3.04. The number of alkyl halides is 3. The molecule has 0 unspecified atom stereocenters. The van der Waals surface area contributed by atoms with Gasteiger partial charge in [-0.3, -0.25) is 9.59 Å². The Morgan fingerprint density at radius 1 is 1.26 bits per heavy atom. The first-order valence-electron chi connectivity index (χ1n) is 7.91. The van der Waals surface area contributed by atoms with Crippen LogP contribution in [0.25, 0.3) is 0 Å². The molecule has 1 heterocycles. The number of carbonyl (C=O) groups is 3. The second kappa shape index (κ2) is 9.76. The molecule has 0 aromatic heterocycles. The van der Waals surface area contributed by atoms with Crippen molar-refractivity contribution in [2.75, 3.05) is 6.54 Å². The van der Waals surface area contributed by atoms with Crippen LogP contribution in [0.5, 0.6) is 5.75 Å². The summed E-state index contributed by atoms with van der Waals surface area (Å²) >= 11 is 0. The number of amides is 2. The summed E-state index contributed by atoms with van der Waals surface area (Å²) in [4.78, 5) is 32.3. The van der Waals surface area contributed by atoms with Gasteiger partial charge < -0.3 is 26.6 Å². The largest absolute Gasteiger partial charge is 0.508 e. The zero-order chi connectivity index (χ0) is 20.6. The van der Waals surface area contributed by atoms with Crippen molar-refractivity contribution >= 4 is 17.8 Å². The minimum absolute atomic E-state index is 0.156. The van der Waals surface area contributed by atoms with Gasteiger partial charge in [0.25, 0.3) is 0 Å². The quantitative estimate of drug-likeness (QED) is 0.488. The standard InChI is InChI=1S/C14H19N3O3.C2HF3O2/c15-13(19)12(8-9-3-5-10(18)6-4-9)17-14(20)11-2-1-7-16-11;3-2(4,5)1(6)7/h3-6,11-12,16,18H,1-2,7-8H2,(H2,15,19)(H,17,20);(H,6,7)/t11-,12-;/m0./s1. The molecule has 150 valence electrons. The number of hydrogen-bond acceptors (Lipinski definition) is 5. The molecule has 1 saturated heterocycles. The first kappa shape index (κ1) is 22.2. The maximum absolute atomic E-state index is 12.0. The highest BCUT2D eigenvalue weighted by Crippen LogP contribution is 2.13. The molecule has 1 fully saturated rings. The summed E-state index contributed by atoms with van der Waals surface area (Å²) in [6.45, 7) is 0.817. The minimum atomic E-state index is -5.08. The molecule has 2 amide bonds. The number of rotatable bonds is 5. The molecular formula is C16H20F3N3O5. The maximum atomic E-state index is 12.0. The molecule has 11 heteroatoms. The number of nitrogens with one attached hydrogen (secondary N) is 2. The second-order valence-corrected chi connectivity index (χ2v) is 5.79. The van der Waals surface area contributed by atoms with E-state index in [0.717, 1.165) is 24.9 Å². The van der Waals surface area contributed by atoms with Crippen LogP contribution >= 0.6 is 0 Å². The zero-order valence-electron chi connectivity index (χ0n) is 14.1. The van der Waals surface area contributed by atoms with Gasteiger partial charge in [-0.15, -0.1) is 0 Å². The number of phenols is 1. The van der Waals surface area contributed by atoms with Crippen molar-refractivity contribution in [2.24, 2.45) is 5.73 Å². The highest BCUT2D eigenvalue weighted by atomic mass is 19.4. The van der Waals surface area contributed by atoms with Gasteiger partial charge >= 0.3 is 12.1 Å². The third kappa shape index (κ3) is 7.94. The lowest BCUT2D eigenvalue weighted by Gasteiger charge is -2.18. The molecule has 1 aromatic carbocycles. The Labute approximate surface area is 152 Å². The number of carboxylic acids is 1. The van der Waals surface area contributed by atoms with Crippen LogP contribution in [-0.2, 0) is 20.8 Å². The first-order chi connectivity index (χ1) is 12.5. The monoisotopic (exact) mass is 391 g/mol. The van der Waals surface area contributed by atoms with E-state index < -0.39 is 24.1 Å². The molecule has 0 bridgehead atoms. The molecule has 1 aliphatic rings. The summed E-state index contributed by atoms with van der Waals surface area (Å²) in [5.74, 6) is -3.36. The molecule has 27 heavy (non-hydrogen) atoms. The van der Waals surface area contributed by atoms with Crippen LogP contribution < -0.4 is 16.4 Å². The van der Waals surface area contributed by atoms with Crippen molar-refractivity contribution < 1.29 is 37.8 Å². The third-order valence-corrected chi connectivity index (χ3v) is 3.66. The van der Waals surface area contributed by atoms with Gasteiger partial charge in [0, 0.05) is 6.42 Å². The van der Waals surface area contributed by atoms with Gasteiger partial charge in [0.05, 0.1) is 6.04 Å². The number of aromatic hydroxyl groups is 1. The number of primary amides is 1. The minimum Gasteiger partial charge on any atom is -0.508 e. The lowest BCUT2D eigenvalue weighted by atomic mass is 10.0. The van der Waals surface area contributed by atoms with E-state index in [1.54, 1.807) is 12.1 Å². The van der Waals surface area contributed by atoms with E-state index in [4.69, 9.17) is 15.6 Å². The van der Waals surface area contributed by atoms with E-state index >= 15 is 0 Å². The predicted octanol–water partition coefficient (Wildman–Crippen LogP) is 0.290. The summed E-state index contributed by atoms with van der Waals surface area (Å²) in [6, 6.07) is 5.49. The van der Waals surface area contributed by atoms with Crippen molar-refractivity contribution in [2.45, 2.75) is 37.5 Å². The highest BCUT2D eigenvalue weighted by Gasteiger charge is 2.38. The summed E-state index contributed by atoms with van der Waals surface area (Å²) in [5.41, 5.74) is 6.16. The van der Waals surface area contributed by atoms with E-state index in [0.29, 0.717) is 6.42 Å². The fraction of sp³-hybridized carbons (Fsp3) is 0.438. The second-order valence-electron chi connectivity index (χ2n) is 5.79. The third-order valence-electron chi connectivity index (χ3n) is 3.66. The van der Waals surface area contributed by atoms with Crippen LogP contribution in [0.1, 0.15) is 18.4 Å². The normalized spacial score (nSPS) is 17.4. The zero-order valence-corrected chi connectivity index (χ0v) is 14.1. The molecule has 6 N–H and O–H groups in total. The van der Waals surface area contributed by atoms with Crippen LogP contribution in [0.2, 0.25) is 0 Å². The average Bonchev–Trinajstić information content (AvgIpc) is 3.10. The molecule has 2 atom stereocenters. The highest BCUT2D eigenvalue weighted by molar-refractivity contribution is 5.89. The Morgan fingerprint density at radius 3 is 2.22 bits per heavy atom. The predicted molar refractivity (Wildman–Crippen MR) is 87.7 cm³/mol. The van der Waals surface area contributed by atoms with Crippen LogP contribution in [0.15, 0.2) is 24.3 Å². The number of carboxylic acid groups (broad SMARTS) is 1. The van der Waals surface area contributed by atoms with Gasteiger partial charge in [0.2, 0.25) is 11.8 Å². The molecule has 1 aliphatic heterocycles. The molecule has 0 saturated carbocycles. The number of benzene rings is 1. The van der Waals surface area contributed by atoms with Crippen LogP contribution in [0.4, 0.5) is 13.2 Å². The lowest BCUT2D eigenvalue weighted by Crippen LogP contribution is -2.51. The Morgan fingerprint density at radius 2 is 1.81 bits per heavy atom. The molecular weight excluding hydrogens is 371 g/mol. The smallest absolute Gasteiger partial charge is 0.490 e. The van der Waals surface area contributed by atoms with Crippen molar-refractivity contribution in [3.63, 3.8) is 0 Å². The Hall–Kier alpha value is -2.82. The van der Waals surface area contributed by atoms with Crippen LogP contribution in [0.3, 0.4) is 0 Å². The average molecular weight is 391 g/mol. The number of aliphatic carboxylic acids is 1. The maximum Gasteiger partial charge on any atom is 0.490 e. The van der Waals surface area contributed by atoms with E-state index in [1.807, 2.05) is 0 Å². The summed E-state index contributed by atoms with van der Waals surface area (Å²) in [5, 5.41) is 22.1. The van der Waals surface area contributed by atoms with Gasteiger partial charge in [-0.25, -0.2) is 4.79 Å². The van der Waals surface area contributed by atoms with E-state index in [9.17, 15) is 27.9 Å². The van der Waals surface area contributed by atoms with Crippen molar-refractivity contribution in [3.8, 4) is 5.75 Å². The van der Waals surface area contributed by atoms with E-state index in [-0.39, 0.29) is 17.7 Å². The van der Waals surface area contributed by atoms with Gasteiger partial charge in [-0.1, -0.05) is 12.1 Å².